The van der Waals surface area contributed by atoms with Gasteiger partial charge in [0.2, 0.25) is 0 Å². The second-order valence-corrected chi connectivity index (χ2v) is 6.40. The van der Waals surface area contributed by atoms with Crippen LogP contribution >= 0.6 is 0 Å². The van der Waals surface area contributed by atoms with Crippen molar-refractivity contribution in [3.05, 3.63) is 60.1 Å². The molecule has 5 rings (SSSR count). The molecule has 7 heteroatoms. The van der Waals surface area contributed by atoms with Crippen LogP contribution in [-0.2, 0) is 0 Å². The van der Waals surface area contributed by atoms with E-state index in [9.17, 15) is 0 Å². The second kappa shape index (κ2) is 6.18. The SMILES string of the molecule is N#Cc1ccc2c(c1)OCC[C@@H]2Nc1ccc2[nH]nc(-c3cnco3)c2c1. The first-order valence-corrected chi connectivity index (χ1v) is 8.62. The van der Waals surface area contributed by atoms with Crippen LogP contribution in [0.5, 0.6) is 5.75 Å². The molecular formula is C20H15N5O2. The highest BCUT2D eigenvalue weighted by molar-refractivity contribution is 5.93. The smallest absolute Gasteiger partial charge is 0.181 e. The fraction of sp³-hybridized carbons (Fsp3) is 0.150. The summed E-state index contributed by atoms with van der Waals surface area (Å²) in [5.41, 5.74) is 4.30. The van der Waals surface area contributed by atoms with Gasteiger partial charge in [0, 0.05) is 23.1 Å². The molecule has 2 aromatic carbocycles. The number of hydrogen-bond donors (Lipinski definition) is 2. The van der Waals surface area contributed by atoms with Crippen molar-refractivity contribution >= 4 is 16.6 Å². The van der Waals surface area contributed by atoms with E-state index in [0.717, 1.165) is 40.0 Å². The zero-order chi connectivity index (χ0) is 18.2. The van der Waals surface area contributed by atoms with Crippen molar-refractivity contribution in [3.8, 4) is 23.3 Å². The fourth-order valence-electron chi connectivity index (χ4n) is 3.43. The molecule has 0 saturated carbocycles. The molecule has 0 spiro atoms. The fourth-order valence-corrected chi connectivity index (χ4v) is 3.43. The van der Waals surface area contributed by atoms with E-state index >= 15 is 0 Å². The van der Waals surface area contributed by atoms with E-state index in [-0.39, 0.29) is 6.04 Å². The van der Waals surface area contributed by atoms with E-state index in [0.29, 0.717) is 17.9 Å². The van der Waals surface area contributed by atoms with Gasteiger partial charge in [-0.1, -0.05) is 6.07 Å². The molecule has 0 bridgehead atoms. The molecule has 1 aliphatic rings. The number of nitriles is 1. The van der Waals surface area contributed by atoms with Gasteiger partial charge in [-0.2, -0.15) is 10.4 Å². The monoisotopic (exact) mass is 357 g/mol. The quantitative estimate of drug-likeness (QED) is 0.574. The number of hydrogen-bond acceptors (Lipinski definition) is 6. The van der Waals surface area contributed by atoms with E-state index in [1.54, 1.807) is 12.3 Å². The van der Waals surface area contributed by atoms with Crippen LogP contribution in [0.15, 0.2) is 53.4 Å². The minimum absolute atomic E-state index is 0.111. The molecule has 3 heterocycles. The zero-order valence-corrected chi connectivity index (χ0v) is 14.3. The summed E-state index contributed by atoms with van der Waals surface area (Å²) in [6.07, 6.45) is 3.89. The number of anilines is 1. The lowest BCUT2D eigenvalue weighted by atomic mass is 9.98. The Morgan fingerprint density at radius 1 is 1.22 bits per heavy atom. The molecule has 0 aliphatic carbocycles. The zero-order valence-electron chi connectivity index (χ0n) is 14.3. The largest absolute Gasteiger partial charge is 0.493 e. The number of ether oxygens (including phenoxy) is 1. The van der Waals surface area contributed by atoms with Crippen molar-refractivity contribution in [3.63, 3.8) is 0 Å². The summed E-state index contributed by atoms with van der Waals surface area (Å²) in [5.74, 6) is 1.39. The van der Waals surface area contributed by atoms with Crippen molar-refractivity contribution in [1.29, 1.82) is 5.26 Å². The molecule has 0 unspecified atom stereocenters. The van der Waals surface area contributed by atoms with Gasteiger partial charge in [-0.15, -0.1) is 0 Å². The molecule has 1 aliphatic heterocycles. The molecule has 0 radical (unpaired) electrons. The van der Waals surface area contributed by atoms with Crippen LogP contribution in [0.25, 0.3) is 22.4 Å². The van der Waals surface area contributed by atoms with E-state index in [1.165, 1.54) is 6.39 Å². The Balaban J connectivity index is 1.49. The van der Waals surface area contributed by atoms with Gasteiger partial charge in [0.25, 0.3) is 0 Å². The number of benzene rings is 2. The minimum atomic E-state index is 0.111. The highest BCUT2D eigenvalue weighted by atomic mass is 16.5. The minimum Gasteiger partial charge on any atom is -0.493 e. The standard InChI is InChI=1S/C20H15N5O2/c21-9-12-1-3-14-16(5-6-26-18(14)7-12)23-13-2-4-17-15(8-13)20(25-24-17)19-10-22-11-27-19/h1-4,7-8,10-11,16,23H,5-6H2,(H,24,25)/t16-/m0/s1. The average Bonchev–Trinajstić information content (AvgIpc) is 3.37. The van der Waals surface area contributed by atoms with E-state index in [1.807, 2.05) is 24.3 Å². The van der Waals surface area contributed by atoms with Crippen LogP contribution < -0.4 is 10.1 Å². The lowest BCUT2D eigenvalue weighted by molar-refractivity contribution is 0.274. The van der Waals surface area contributed by atoms with Crippen molar-refractivity contribution in [1.82, 2.24) is 15.2 Å². The first-order chi connectivity index (χ1) is 13.3. The highest BCUT2D eigenvalue weighted by Crippen LogP contribution is 2.36. The summed E-state index contributed by atoms with van der Waals surface area (Å²) in [6, 6.07) is 13.9. The van der Waals surface area contributed by atoms with Gasteiger partial charge in [0.15, 0.2) is 12.2 Å². The number of aromatic amines is 1. The van der Waals surface area contributed by atoms with Crippen molar-refractivity contribution in [2.45, 2.75) is 12.5 Å². The molecule has 2 N–H and O–H groups in total. The highest BCUT2D eigenvalue weighted by Gasteiger charge is 2.22. The van der Waals surface area contributed by atoms with Gasteiger partial charge in [-0.3, -0.25) is 5.10 Å². The van der Waals surface area contributed by atoms with Crippen LogP contribution in [0.4, 0.5) is 5.69 Å². The summed E-state index contributed by atoms with van der Waals surface area (Å²) in [6.45, 7) is 0.608. The Hall–Kier alpha value is -3.79. The number of aromatic nitrogens is 3. The third-order valence-corrected chi connectivity index (χ3v) is 4.75. The Labute approximate surface area is 154 Å². The van der Waals surface area contributed by atoms with Crippen LogP contribution in [0, 0.1) is 11.3 Å². The van der Waals surface area contributed by atoms with Gasteiger partial charge >= 0.3 is 0 Å². The van der Waals surface area contributed by atoms with Gasteiger partial charge in [-0.25, -0.2) is 4.98 Å². The summed E-state index contributed by atoms with van der Waals surface area (Å²) in [7, 11) is 0. The first-order valence-electron chi connectivity index (χ1n) is 8.62. The molecule has 0 fully saturated rings. The predicted octanol–water partition coefficient (Wildman–Crippen LogP) is 4.03. The lowest BCUT2D eigenvalue weighted by Crippen LogP contribution is -2.20. The third-order valence-electron chi connectivity index (χ3n) is 4.75. The Morgan fingerprint density at radius 3 is 3.04 bits per heavy atom. The molecule has 27 heavy (non-hydrogen) atoms. The second-order valence-electron chi connectivity index (χ2n) is 6.40. The first kappa shape index (κ1) is 15.5. The summed E-state index contributed by atoms with van der Waals surface area (Å²) in [5, 5.41) is 21.0. The topological polar surface area (TPSA) is 99.8 Å². The Kier molecular flexibility index (Phi) is 3.54. The number of fused-ring (bicyclic) bond motifs is 2. The van der Waals surface area contributed by atoms with Crippen molar-refractivity contribution in [2.75, 3.05) is 11.9 Å². The predicted molar refractivity (Wildman–Crippen MR) is 99.2 cm³/mol. The van der Waals surface area contributed by atoms with E-state index in [4.69, 9.17) is 14.4 Å². The normalized spacial score (nSPS) is 15.7. The molecule has 2 aromatic heterocycles. The Morgan fingerprint density at radius 2 is 2.19 bits per heavy atom. The molecule has 132 valence electrons. The third kappa shape index (κ3) is 2.68. The van der Waals surface area contributed by atoms with Gasteiger partial charge in [-0.05, 0) is 30.3 Å². The summed E-state index contributed by atoms with van der Waals surface area (Å²) in [4.78, 5) is 3.97. The molecular weight excluding hydrogens is 342 g/mol. The molecule has 1 atom stereocenters. The van der Waals surface area contributed by atoms with E-state index in [2.05, 4.69) is 32.6 Å². The number of rotatable bonds is 3. The molecule has 7 nitrogen and oxygen atoms in total. The van der Waals surface area contributed by atoms with Crippen LogP contribution in [0.3, 0.4) is 0 Å². The maximum absolute atomic E-state index is 9.08. The molecule has 4 aromatic rings. The number of nitrogens with one attached hydrogen (secondary N) is 2. The van der Waals surface area contributed by atoms with Crippen LogP contribution in [0.2, 0.25) is 0 Å². The summed E-state index contributed by atoms with van der Waals surface area (Å²) < 4.78 is 11.1. The maximum Gasteiger partial charge on any atom is 0.181 e. The molecule has 0 saturated heterocycles. The average molecular weight is 357 g/mol. The number of nitrogens with zero attached hydrogens (tertiary/aromatic N) is 3. The molecule has 0 amide bonds. The maximum atomic E-state index is 9.08. The Bertz CT molecular complexity index is 1160. The van der Waals surface area contributed by atoms with Crippen molar-refractivity contribution < 1.29 is 9.15 Å². The number of oxazole rings is 1. The van der Waals surface area contributed by atoms with Gasteiger partial charge in [0.1, 0.15) is 11.4 Å². The van der Waals surface area contributed by atoms with Crippen molar-refractivity contribution in [2.24, 2.45) is 0 Å². The summed E-state index contributed by atoms with van der Waals surface area (Å²) >= 11 is 0. The van der Waals surface area contributed by atoms with E-state index < -0.39 is 0 Å². The van der Waals surface area contributed by atoms with Crippen LogP contribution in [0.1, 0.15) is 23.6 Å². The number of H-pyrrole nitrogens is 1. The van der Waals surface area contributed by atoms with Gasteiger partial charge < -0.3 is 14.5 Å². The lowest BCUT2D eigenvalue weighted by Gasteiger charge is -2.27. The van der Waals surface area contributed by atoms with Gasteiger partial charge in [0.05, 0.1) is 36.0 Å². The van der Waals surface area contributed by atoms with Crippen LogP contribution in [-0.4, -0.2) is 21.8 Å².